The van der Waals surface area contributed by atoms with Crippen molar-refractivity contribution in [3.05, 3.63) is 69.5 Å². The number of methoxy groups -OCH3 is 2. The van der Waals surface area contributed by atoms with Gasteiger partial charge in [-0.2, -0.15) is 0 Å². The summed E-state index contributed by atoms with van der Waals surface area (Å²) in [5.41, 5.74) is 1.08. The number of benzene rings is 2. The lowest BCUT2D eigenvalue weighted by atomic mass is 10.2. The van der Waals surface area contributed by atoms with Crippen LogP contribution in [0, 0.1) is 10.1 Å². The molecule has 2 N–H and O–H groups in total. The van der Waals surface area contributed by atoms with Crippen LogP contribution in [0.1, 0.15) is 5.56 Å². The van der Waals surface area contributed by atoms with E-state index in [1.54, 1.807) is 30.3 Å². The van der Waals surface area contributed by atoms with Crippen molar-refractivity contribution >= 4 is 34.6 Å². The van der Waals surface area contributed by atoms with Gasteiger partial charge in [0.25, 0.3) is 0 Å². The first-order chi connectivity index (χ1) is 14.0. The number of nitro groups is 1. The maximum atomic E-state index is 11.7. The normalized spacial score (nSPS) is 10.3. The number of anilines is 3. The van der Waals surface area contributed by atoms with E-state index in [1.165, 1.54) is 20.5 Å². The highest BCUT2D eigenvalue weighted by molar-refractivity contribution is 6.30. The number of hydrogen-bond acceptors (Lipinski definition) is 8. The fourth-order valence-corrected chi connectivity index (χ4v) is 2.73. The molecule has 0 aliphatic rings. The van der Waals surface area contributed by atoms with Gasteiger partial charge in [-0.15, -0.1) is 0 Å². The first-order valence-corrected chi connectivity index (χ1v) is 8.86. The van der Waals surface area contributed by atoms with Gasteiger partial charge in [-0.25, -0.2) is 9.97 Å². The average Bonchev–Trinajstić information content (AvgIpc) is 2.73. The van der Waals surface area contributed by atoms with Gasteiger partial charge in [0, 0.05) is 17.6 Å². The molecule has 0 fully saturated rings. The molecule has 9 nitrogen and oxygen atoms in total. The standard InChI is InChI=1S/C19H18ClN5O4/c1-28-14-7-8-16(29-2)15(9-14)24-19-17(25(26)27)18(22-11-23-19)21-10-12-3-5-13(20)6-4-12/h3-9,11H,10H2,1-2H3,(H2,21,22,23,24). The van der Waals surface area contributed by atoms with Crippen molar-refractivity contribution in [3.63, 3.8) is 0 Å². The Morgan fingerprint density at radius 3 is 2.45 bits per heavy atom. The molecule has 3 rings (SSSR count). The Balaban J connectivity index is 1.91. The second-order valence-corrected chi connectivity index (χ2v) is 6.28. The Bertz CT molecular complexity index is 1010. The Kier molecular flexibility index (Phi) is 6.30. The summed E-state index contributed by atoms with van der Waals surface area (Å²) >= 11 is 5.88. The van der Waals surface area contributed by atoms with Gasteiger partial charge in [-0.1, -0.05) is 23.7 Å². The molecular weight excluding hydrogens is 398 g/mol. The number of ether oxygens (including phenoxy) is 2. The first-order valence-electron chi connectivity index (χ1n) is 8.48. The molecule has 0 bridgehead atoms. The molecule has 3 aromatic rings. The van der Waals surface area contributed by atoms with Crippen LogP contribution >= 0.6 is 11.6 Å². The molecule has 0 saturated carbocycles. The van der Waals surface area contributed by atoms with Crippen molar-refractivity contribution in [2.75, 3.05) is 24.9 Å². The Morgan fingerprint density at radius 1 is 1.07 bits per heavy atom. The largest absolute Gasteiger partial charge is 0.497 e. The molecule has 29 heavy (non-hydrogen) atoms. The third kappa shape index (κ3) is 4.82. The van der Waals surface area contributed by atoms with E-state index in [1.807, 2.05) is 12.1 Å². The fraction of sp³-hybridized carbons (Fsp3) is 0.158. The van der Waals surface area contributed by atoms with Crippen LogP contribution in [0.3, 0.4) is 0 Å². The Hall–Kier alpha value is -3.59. The van der Waals surface area contributed by atoms with E-state index < -0.39 is 4.92 Å². The lowest BCUT2D eigenvalue weighted by Gasteiger charge is -2.13. The summed E-state index contributed by atoms with van der Waals surface area (Å²) in [7, 11) is 3.03. The molecule has 0 radical (unpaired) electrons. The molecule has 0 spiro atoms. The van der Waals surface area contributed by atoms with Crippen molar-refractivity contribution < 1.29 is 14.4 Å². The van der Waals surface area contributed by atoms with E-state index in [0.29, 0.717) is 28.8 Å². The molecule has 1 heterocycles. The van der Waals surface area contributed by atoms with Gasteiger partial charge < -0.3 is 20.1 Å². The van der Waals surface area contributed by atoms with Gasteiger partial charge in [0.1, 0.15) is 17.8 Å². The molecule has 0 saturated heterocycles. The maximum absolute atomic E-state index is 11.7. The second-order valence-electron chi connectivity index (χ2n) is 5.85. The van der Waals surface area contributed by atoms with Crippen molar-refractivity contribution in [2.24, 2.45) is 0 Å². The van der Waals surface area contributed by atoms with Crippen LogP contribution < -0.4 is 20.1 Å². The predicted octanol–water partition coefficient (Wildman–Crippen LogP) is 4.41. The van der Waals surface area contributed by atoms with Crippen molar-refractivity contribution in [3.8, 4) is 11.5 Å². The summed E-state index contributed by atoms with van der Waals surface area (Å²) in [5.74, 6) is 1.15. The SMILES string of the molecule is COc1ccc(OC)c(Nc2ncnc(NCc3ccc(Cl)cc3)c2[N+](=O)[O-])c1. The molecule has 10 heteroatoms. The zero-order valence-electron chi connectivity index (χ0n) is 15.7. The molecule has 2 aromatic carbocycles. The van der Waals surface area contributed by atoms with E-state index >= 15 is 0 Å². The topological polar surface area (TPSA) is 111 Å². The highest BCUT2D eigenvalue weighted by Gasteiger charge is 2.24. The van der Waals surface area contributed by atoms with Crippen LogP contribution in [0.25, 0.3) is 0 Å². The van der Waals surface area contributed by atoms with Crippen molar-refractivity contribution in [1.29, 1.82) is 0 Å². The van der Waals surface area contributed by atoms with Crippen LogP contribution in [0.15, 0.2) is 48.8 Å². The zero-order chi connectivity index (χ0) is 20.8. The van der Waals surface area contributed by atoms with Crippen LogP contribution in [0.4, 0.5) is 23.0 Å². The molecule has 0 atom stereocenters. The number of nitrogens with zero attached hydrogens (tertiary/aromatic N) is 3. The van der Waals surface area contributed by atoms with E-state index in [9.17, 15) is 10.1 Å². The van der Waals surface area contributed by atoms with E-state index in [0.717, 1.165) is 5.56 Å². The third-order valence-corrected chi connectivity index (χ3v) is 4.29. The summed E-state index contributed by atoms with van der Waals surface area (Å²) in [6.45, 7) is 0.330. The van der Waals surface area contributed by atoms with Crippen molar-refractivity contribution in [1.82, 2.24) is 9.97 Å². The van der Waals surface area contributed by atoms with Gasteiger partial charge in [-0.3, -0.25) is 10.1 Å². The van der Waals surface area contributed by atoms with Crippen LogP contribution in [-0.2, 0) is 6.54 Å². The van der Waals surface area contributed by atoms with Gasteiger partial charge in [0.15, 0.2) is 0 Å². The summed E-state index contributed by atoms with van der Waals surface area (Å²) in [4.78, 5) is 19.3. The second kappa shape index (κ2) is 9.07. The van der Waals surface area contributed by atoms with Crippen LogP contribution in [0.2, 0.25) is 5.02 Å². The lowest BCUT2D eigenvalue weighted by molar-refractivity contribution is -0.383. The molecule has 0 amide bonds. The summed E-state index contributed by atoms with van der Waals surface area (Å²) in [5, 5.41) is 18.3. The fourth-order valence-electron chi connectivity index (χ4n) is 2.60. The Morgan fingerprint density at radius 2 is 1.79 bits per heavy atom. The minimum Gasteiger partial charge on any atom is -0.497 e. The summed E-state index contributed by atoms with van der Waals surface area (Å²) < 4.78 is 10.5. The molecule has 1 aromatic heterocycles. The van der Waals surface area contributed by atoms with Gasteiger partial charge >= 0.3 is 5.69 Å². The molecule has 0 aliphatic heterocycles. The first kappa shape index (κ1) is 20.2. The summed E-state index contributed by atoms with van der Waals surface area (Å²) in [6.07, 6.45) is 1.24. The number of hydrogen-bond donors (Lipinski definition) is 2. The van der Waals surface area contributed by atoms with E-state index in [-0.39, 0.29) is 17.3 Å². The smallest absolute Gasteiger partial charge is 0.353 e. The number of rotatable bonds is 8. The third-order valence-electron chi connectivity index (χ3n) is 4.04. The van der Waals surface area contributed by atoms with Crippen LogP contribution in [0.5, 0.6) is 11.5 Å². The number of nitrogens with one attached hydrogen (secondary N) is 2. The molecule has 0 aliphatic carbocycles. The predicted molar refractivity (Wildman–Crippen MR) is 110 cm³/mol. The van der Waals surface area contributed by atoms with Gasteiger partial charge in [-0.05, 0) is 29.8 Å². The number of halogens is 1. The molecule has 0 unspecified atom stereocenters. The minimum absolute atomic E-state index is 0.0233. The Labute approximate surface area is 171 Å². The molecule has 150 valence electrons. The maximum Gasteiger partial charge on any atom is 0.353 e. The van der Waals surface area contributed by atoms with Gasteiger partial charge in [0.05, 0.1) is 24.8 Å². The highest BCUT2D eigenvalue weighted by Crippen LogP contribution is 2.36. The van der Waals surface area contributed by atoms with Crippen LogP contribution in [-0.4, -0.2) is 29.1 Å². The van der Waals surface area contributed by atoms with E-state index in [4.69, 9.17) is 21.1 Å². The lowest BCUT2D eigenvalue weighted by Crippen LogP contribution is -2.08. The summed E-state index contributed by atoms with van der Waals surface area (Å²) in [6, 6.07) is 12.2. The zero-order valence-corrected chi connectivity index (χ0v) is 16.4. The minimum atomic E-state index is -0.542. The van der Waals surface area contributed by atoms with Gasteiger partial charge in [0.2, 0.25) is 11.6 Å². The molecular formula is C19H18ClN5O4. The highest BCUT2D eigenvalue weighted by atomic mass is 35.5. The quantitative estimate of drug-likeness (QED) is 0.411. The average molecular weight is 416 g/mol. The number of aromatic nitrogens is 2. The monoisotopic (exact) mass is 415 g/mol. The van der Waals surface area contributed by atoms with Crippen molar-refractivity contribution in [2.45, 2.75) is 6.54 Å². The van der Waals surface area contributed by atoms with E-state index in [2.05, 4.69) is 20.6 Å².